The predicted molar refractivity (Wildman–Crippen MR) is 26.3 cm³/mol. The first kappa shape index (κ1) is 4.61. The fourth-order valence-electron chi connectivity index (χ4n) is 0.570. The summed E-state index contributed by atoms with van der Waals surface area (Å²) in [5, 5.41) is 0. The van der Waals surface area contributed by atoms with Gasteiger partial charge in [0.1, 0.15) is 0 Å². The number of hydrogen-bond acceptors (Lipinski definition) is 1. The molecule has 0 aromatic heterocycles. The third-order valence-electron chi connectivity index (χ3n) is 1.07. The maximum atomic E-state index is 6.49. The summed E-state index contributed by atoms with van der Waals surface area (Å²) >= 11 is 0. The Kier molecular flexibility index (Phi) is 0.994. The Morgan fingerprint density at radius 1 is 1.71 bits per heavy atom. The molecule has 2 radical (unpaired) electrons. The molecule has 0 atom stereocenters. The third kappa shape index (κ3) is 0.726. The van der Waals surface area contributed by atoms with E-state index in [-0.39, 0.29) is 6.04 Å². The van der Waals surface area contributed by atoms with E-state index in [2.05, 4.69) is 4.85 Å². The minimum atomic E-state index is 0.185. The molecule has 1 aliphatic heterocycles. The molecule has 0 aromatic rings. The van der Waals surface area contributed by atoms with E-state index in [0.717, 1.165) is 13.1 Å². The van der Waals surface area contributed by atoms with Crippen LogP contribution in [0.5, 0.6) is 0 Å². The molecule has 7 heavy (non-hydrogen) atoms. The summed E-state index contributed by atoms with van der Waals surface area (Å²) in [7, 11) is 5.23. The lowest BCUT2D eigenvalue weighted by atomic mass is 10.2. The zero-order valence-electron chi connectivity index (χ0n) is 3.96. The molecule has 0 spiro atoms. The predicted octanol–water partition coefficient (Wildman–Crippen LogP) is 0.258. The van der Waals surface area contributed by atoms with Crippen LogP contribution in [0.1, 0.15) is 0 Å². The van der Waals surface area contributed by atoms with Crippen molar-refractivity contribution in [2.45, 2.75) is 6.04 Å². The first-order valence-electron chi connectivity index (χ1n) is 2.19. The maximum absolute atomic E-state index is 6.49. The fraction of sp³-hybridized carbons (Fsp3) is 0.600. The highest BCUT2D eigenvalue weighted by atomic mass is 15.2. The Labute approximate surface area is 43.6 Å². The van der Waals surface area contributed by atoms with Gasteiger partial charge in [0.05, 0.1) is 13.1 Å². The van der Waals surface area contributed by atoms with E-state index in [1.54, 1.807) is 4.90 Å². The molecule has 2 nitrogen and oxygen atoms in total. The van der Waals surface area contributed by atoms with Gasteiger partial charge in [0.2, 0.25) is 6.04 Å². The Hall–Kier alpha value is -0.550. The van der Waals surface area contributed by atoms with E-state index < -0.39 is 0 Å². The molecule has 36 valence electrons. The molecule has 0 bridgehead atoms. The van der Waals surface area contributed by atoms with Crippen molar-refractivity contribution in [3.05, 3.63) is 18.5 Å². The zero-order chi connectivity index (χ0) is 5.28. The van der Waals surface area contributed by atoms with Crippen molar-refractivity contribution in [3.63, 3.8) is 0 Å². The van der Waals surface area contributed by atoms with Gasteiger partial charge in [0, 0.05) is 7.05 Å². The van der Waals surface area contributed by atoms with Crippen molar-refractivity contribution in [2.24, 2.45) is 0 Å². The van der Waals surface area contributed by atoms with Gasteiger partial charge in [-0.15, -0.1) is 0 Å². The second-order valence-corrected chi connectivity index (χ2v) is 1.74. The standard InChI is InChI=1S/C5H6N2/c1-6-5-3-7(2)4-5/h2,5H,3-4H2. The van der Waals surface area contributed by atoms with Crippen molar-refractivity contribution in [3.8, 4) is 0 Å². The molecule has 1 saturated heterocycles. The van der Waals surface area contributed by atoms with Crippen LogP contribution in [0, 0.1) is 13.6 Å². The monoisotopic (exact) mass is 94.1 g/mol. The van der Waals surface area contributed by atoms with E-state index in [1.807, 2.05) is 0 Å². The highest BCUT2D eigenvalue weighted by molar-refractivity contribution is 4.93. The first-order valence-corrected chi connectivity index (χ1v) is 2.19. The van der Waals surface area contributed by atoms with Gasteiger partial charge in [0.15, 0.2) is 0 Å². The Bertz CT molecular complexity index is 97.1. The van der Waals surface area contributed by atoms with Crippen LogP contribution in [0.4, 0.5) is 0 Å². The van der Waals surface area contributed by atoms with E-state index in [1.165, 1.54) is 0 Å². The summed E-state index contributed by atoms with van der Waals surface area (Å²) in [4.78, 5) is 4.91. The maximum Gasteiger partial charge on any atom is 0.248 e. The summed E-state index contributed by atoms with van der Waals surface area (Å²) in [6.45, 7) is 8.00. The highest BCUT2D eigenvalue weighted by Gasteiger charge is 2.27. The molecule has 0 aliphatic carbocycles. The lowest BCUT2D eigenvalue weighted by Gasteiger charge is -2.25. The van der Waals surface area contributed by atoms with Crippen molar-refractivity contribution in [2.75, 3.05) is 13.1 Å². The van der Waals surface area contributed by atoms with Crippen molar-refractivity contribution in [1.82, 2.24) is 4.90 Å². The van der Waals surface area contributed by atoms with Crippen LogP contribution in [0.15, 0.2) is 0 Å². The van der Waals surface area contributed by atoms with Gasteiger partial charge in [-0.1, -0.05) is 0 Å². The molecule has 2 heteroatoms. The van der Waals surface area contributed by atoms with Crippen LogP contribution in [-0.2, 0) is 0 Å². The normalized spacial score (nSPS) is 23.4. The van der Waals surface area contributed by atoms with Crippen LogP contribution in [0.3, 0.4) is 0 Å². The summed E-state index contributed by atoms with van der Waals surface area (Å²) in [5.74, 6) is 0. The SMILES string of the molecule is [C-]#[N+]C1CN([CH])C1. The van der Waals surface area contributed by atoms with Crippen molar-refractivity contribution < 1.29 is 0 Å². The number of hydrogen-bond donors (Lipinski definition) is 0. The molecule has 1 rings (SSSR count). The lowest BCUT2D eigenvalue weighted by Crippen LogP contribution is -2.44. The van der Waals surface area contributed by atoms with Gasteiger partial charge in [-0.25, -0.2) is 6.57 Å². The van der Waals surface area contributed by atoms with Crippen molar-refractivity contribution >= 4 is 0 Å². The molecule has 0 N–H and O–H groups in total. The Morgan fingerprint density at radius 2 is 2.29 bits per heavy atom. The average molecular weight is 94.1 g/mol. The van der Waals surface area contributed by atoms with E-state index in [9.17, 15) is 0 Å². The molecular weight excluding hydrogens is 88.1 g/mol. The second-order valence-electron chi connectivity index (χ2n) is 1.74. The van der Waals surface area contributed by atoms with E-state index in [4.69, 9.17) is 13.6 Å². The van der Waals surface area contributed by atoms with Gasteiger partial charge >= 0.3 is 0 Å². The van der Waals surface area contributed by atoms with Crippen LogP contribution < -0.4 is 0 Å². The lowest BCUT2D eigenvalue weighted by molar-refractivity contribution is 0.243. The molecule has 0 saturated carbocycles. The molecule has 1 aliphatic rings. The van der Waals surface area contributed by atoms with E-state index >= 15 is 0 Å². The number of rotatable bonds is 0. The van der Waals surface area contributed by atoms with Gasteiger partial charge in [-0.3, -0.25) is 4.90 Å². The van der Waals surface area contributed by atoms with Gasteiger partial charge < -0.3 is 4.85 Å². The smallest absolute Gasteiger partial charge is 0.248 e. The van der Waals surface area contributed by atoms with Crippen molar-refractivity contribution in [1.29, 1.82) is 0 Å². The molecule has 1 fully saturated rings. The largest absolute Gasteiger partial charge is 0.311 e. The Balaban J connectivity index is 2.21. The summed E-state index contributed by atoms with van der Waals surface area (Å²) in [5.41, 5.74) is 0. The van der Waals surface area contributed by atoms with Crippen LogP contribution in [-0.4, -0.2) is 24.0 Å². The topological polar surface area (TPSA) is 7.60 Å². The summed E-state index contributed by atoms with van der Waals surface area (Å²) in [6.07, 6.45) is 0. The van der Waals surface area contributed by atoms with Crippen LogP contribution in [0.2, 0.25) is 0 Å². The van der Waals surface area contributed by atoms with Gasteiger partial charge in [-0.05, 0) is 0 Å². The third-order valence-corrected chi connectivity index (χ3v) is 1.07. The minimum absolute atomic E-state index is 0.185. The number of nitrogens with zero attached hydrogens (tertiary/aromatic N) is 2. The van der Waals surface area contributed by atoms with Crippen LogP contribution >= 0.6 is 0 Å². The molecule has 0 amide bonds. The number of likely N-dealkylation sites (tertiary alicyclic amines) is 1. The molecule has 0 unspecified atom stereocenters. The molecule has 1 heterocycles. The summed E-state index contributed by atoms with van der Waals surface area (Å²) < 4.78 is 0. The van der Waals surface area contributed by atoms with Gasteiger partial charge in [0.25, 0.3) is 0 Å². The first-order chi connectivity index (χ1) is 3.33. The Morgan fingerprint density at radius 3 is 2.43 bits per heavy atom. The highest BCUT2D eigenvalue weighted by Crippen LogP contribution is 2.07. The van der Waals surface area contributed by atoms with E-state index in [0.29, 0.717) is 0 Å². The second kappa shape index (κ2) is 1.51. The van der Waals surface area contributed by atoms with Crippen LogP contribution in [0.25, 0.3) is 4.85 Å². The fourth-order valence-corrected chi connectivity index (χ4v) is 0.570. The molecular formula is C5H6N2. The molecule has 0 aromatic carbocycles. The minimum Gasteiger partial charge on any atom is -0.311 e. The van der Waals surface area contributed by atoms with Gasteiger partial charge in [-0.2, -0.15) is 0 Å². The zero-order valence-corrected chi connectivity index (χ0v) is 3.96. The summed E-state index contributed by atoms with van der Waals surface area (Å²) in [6, 6.07) is 0.185. The average Bonchev–Trinajstić information content (AvgIpc) is 1.58. The quantitative estimate of drug-likeness (QED) is 0.391.